The smallest absolute Gasteiger partial charge is 0.283 e. The Kier molecular flexibility index (Phi) is 1.97. The van der Waals surface area contributed by atoms with E-state index in [1.165, 1.54) is 0 Å². The molecule has 0 fully saturated rings. The van der Waals surface area contributed by atoms with Crippen LogP contribution in [-0.4, -0.2) is 14.5 Å². The number of rotatable bonds is 0. The summed E-state index contributed by atoms with van der Waals surface area (Å²) in [5.74, 6) is 1.39. The lowest BCUT2D eigenvalue weighted by Gasteiger charge is -2.11. The molecule has 1 aliphatic rings. The molecular formula is C12H15N3O2. The molecule has 0 saturated heterocycles. The minimum absolute atomic E-state index is 0.0678. The van der Waals surface area contributed by atoms with Crippen molar-refractivity contribution in [1.82, 2.24) is 14.5 Å². The molecule has 90 valence electrons. The van der Waals surface area contributed by atoms with Crippen LogP contribution in [0.2, 0.25) is 0 Å². The summed E-state index contributed by atoms with van der Waals surface area (Å²) in [5.41, 5.74) is 0.470. The first-order chi connectivity index (χ1) is 7.97. The normalized spacial score (nSPS) is 15.5. The predicted molar refractivity (Wildman–Crippen MR) is 63.1 cm³/mol. The molecule has 0 bridgehead atoms. The molecule has 3 rings (SSSR count). The summed E-state index contributed by atoms with van der Waals surface area (Å²) in [4.78, 5) is 20.8. The quantitative estimate of drug-likeness (QED) is 0.693. The Balaban J connectivity index is 2.32. The van der Waals surface area contributed by atoms with E-state index in [0.717, 1.165) is 25.2 Å². The van der Waals surface area contributed by atoms with Crippen molar-refractivity contribution in [3.05, 3.63) is 22.1 Å². The van der Waals surface area contributed by atoms with E-state index in [1.807, 2.05) is 20.8 Å². The van der Waals surface area contributed by atoms with E-state index in [9.17, 15) is 4.79 Å². The maximum Gasteiger partial charge on any atom is 0.283 e. The molecule has 0 N–H and O–H groups in total. The van der Waals surface area contributed by atoms with Gasteiger partial charge in [0.1, 0.15) is 5.82 Å². The lowest BCUT2D eigenvalue weighted by atomic mass is 9.97. The zero-order chi connectivity index (χ0) is 12.2. The molecule has 2 aromatic heterocycles. The maximum absolute atomic E-state index is 12.2. The van der Waals surface area contributed by atoms with E-state index >= 15 is 0 Å². The Morgan fingerprint density at radius 3 is 2.76 bits per heavy atom. The van der Waals surface area contributed by atoms with Crippen LogP contribution in [-0.2, 0) is 18.4 Å². The van der Waals surface area contributed by atoms with E-state index in [-0.39, 0.29) is 11.0 Å². The van der Waals surface area contributed by atoms with E-state index < -0.39 is 0 Å². The lowest BCUT2D eigenvalue weighted by molar-refractivity contribution is 0.407. The second-order valence-electron chi connectivity index (χ2n) is 5.51. The van der Waals surface area contributed by atoms with Gasteiger partial charge in [0.05, 0.1) is 0 Å². The number of fused-ring (bicyclic) bond motifs is 2. The molecule has 0 aliphatic carbocycles. The standard InChI is InChI=1S/C12H15N3O2/c1-12(2,3)11-14-8-9(17-11)13-7-5-4-6-15(7)10(8)16/h4-6H2,1-3H3. The zero-order valence-electron chi connectivity index (χ0n) is 10.3. The highest BCUT2D eigenvalue weighted by atomic mass is 16.4. The maximum atomic E-state index is 12.2. The van der Waals surface area contributed by atoms with Gasteiger partial charge in [-0.2, -0.15) is 4.98 Å². The van der Waals surface area contributed by atoms with Gasteiger partial charge >= 0.3 is 0 Å². The van der Waals surface area contributed by atoms with Gasteiger partial charge in [0, 0.05) is 18.4 Å². The van der Waals surface area contributed by atoms with Gasteiger partial charge in [0.2, 0.25) is 5.89 Å². The molecular weight excluding hydrogens is 218 g/mol. The number of aryl methyl sites for hydroxylation is 1. The van der Waals surface area contributed by atoms with Crippen molar-refractivity contribution in [2.75, 3.05) is 0 Å². The number of aromatic nitrogens is 3. The molecule has 0 aromatic carbocycles. The van der Waals surface area contributed by atoms with Crippen molar-refractivity contribution in [3.8, 4) is 0 Å². The first-order valence-corrected chi connectivity index (χ1v) is 5.87. The van der Waals surface area contributed by atoms with Gasteiger partial charge in [-0.05, 0) is 6.42 Å². The number of nitrogens with zero attached hydrogens (tertiary/aromatic N) is 3. The summed E-state index contributed by atoms with van der Waals surface area (Å²) in [6, 6.07) is 0. The van der Waals surface area contributed by atoms with Crippen LogP contribution in [0.15, 0.2) is 9.21 Å². The Bertz CT molecular complexity index is 646. The topological polar surface area (TPSA) is 60.9 Å². The summed E-state index contributed by atoms with van der Waals surface area (Å²) in [6.07, 6.45) is 1.82. The molecule has 0 unspecified atom stereocenters. The third-order valence-corrected chi connectivity index (χ3v) is 3.02. The molecule has 2 aromatic rings. The molecule has 3 heterocycles. The van der Waals surface area contributed by atoms with Crippen LogP contribution < -0.4 is 5.56 Å². The molecule has 0 saturated carbocycles. The zero-order valence-corrected chi connectivity index (χ0v) is 10.3. The van der Waals surface area contributed by atoms with Crippen LogP contribution in [0.4, 0.5) is 0 Å². The van der Waals surface area contributed by atoms with E-state index in [4.69, 9.17) is 4.42 Å². The highest BCUT2D eigenvalue weighted by Gasteiger charge is 2.25. The van der Waals surface area contributed by atoms with Gasteiger partial charge in [-0.25, -0.2) is 4.98 Å². The molecule has 0 atom stereocenters. The van der Waals surface area contributed by atoms with E-state index in [2.05, 4.69) is 9.97 Å². The largest absolute Gasteiger partial charge is 0.421 e. The summed E-state index contributed by atoms with van der Waals surface area (Å²) < 4.78 is 7.31. The third kappa shape index (κ3) is 1.49. The van der Waals surface area contributed by atoms with Crippen LogP contribution in [0.5, 0.6) is 0 Å². The fourth-order valence-corrected chi connectivity index (χ4v) is 2.09. The Hall–Kier alpha value is -1.65. The predicted octanol–water partition coefficient (Wildman–Crippen LogP) is 1.63. The third-order valence-electron chi connectivity index (χ3n) is 3.02. The Labute approximate surface area is 98.5 Å². The molecule has 17 heavy (non-hydrogen) atoms. The molecule has 0 radical (unpaired) electrons. The average molecular weight is 233 g/mol. The second-order valence-corrected chi connectivity index (χ2v) is 5.51. The van der Waals surface area contributed by atoms with Gasteiger partial charge in [0.25, 0.3) is 11.3 Å². The van der Waals surface area contributed by atoms with Crippen LogP contribution >= 0.6 is 0 Å². The minimum Gasteiger partial charge on any atom is -0.421 e. The molecule has 5 heteroatoms. The molecule has 0 amide bonds. The van der Waals surface area contributed by atoms with Crippen molar-refractivity contribution in [2.45, 2.75) is 45.6 Å². The summed E-state index contributed by atoms with van der Waals surface area (Å²) in [7, 11) is 0. The second kappa shape index (κ2) is 3.18. The van der Waals surface area contributed by atoms with Crippen molar-refractivity contribution in [2.24, 2.45) is 0 Å². The van der Waals surface area contributed by atoms with Crippen LogP contribution in [0, 0.1) is 0 Å². The Morgan fingerprint density at radius 2 is 2.06 bits per heavy atom. The Morgan fingerprint density at radius 1 is 1.29 bits per heavy atom. The van der Waals surface area contributed by atoms with Crippen LogP contribution in [0.1, 0.15) is 38.9 Å². The number of hydrogen-bond donors (Lipinski definition) is 0. The van der Waals surface area contributed by atoms with Crippen molar-refractivity contribution < 1.29 is 4.42 Å². The SMILES string of the molecule is CC(C)(C)c1nc2c(=O)n3c(nc2o1)CCC3. The van der Waals surface area contributed by atoms with Gasteiger partial charge in [0.15, 0.2) is 5.52 Å². The summed E-state index contributed by atoms with van der Waals surface area (Å²) in [5, 5.41) is 0. The van der Waals surface area contributed by atoms with Gasteiger partial charge in [-0.3, -0.25) is 9.36 Å². The molecule has 1 aliphatic heterocycles. The van der Waals surface area contributed by atoms with Gasteiger partial charge in [-0.15, -0.1) is 0 Å². The van der Waals surface area contributed by atoms with Gasteiger partial charge in [-0.1, -0.05) is 20.8 Å². The summed E-state index contributed by atoms with van der Waals surface area (Å²) in [6.45, 7) is 6.75. The lowest BCUT2D eigenvalue weighted by Crippen LogP contribution is -2.21. The average Bonchev–Trinajstić information content (AvgIpc) is 2.82. The van der Waals surface area contributed by atoms with Crippen molar-refractivity contribution in [1.29, 1.82) is 0 Å². The summed E-state index contributed by atoms with van der Waals surface area (Å²) >= 11 is 0. The highest BCUT2D eigenvalue weighted by Crippen LogP contribution is 2.24. The van der Waals surface area contributed by atoms with Crippen LogP contribution in [0.3, 0.4) is 0 Å². The van der Waals surface area contributed by atoms with Crippen molar-refractivity contribution >= 4 is 11.2 Å². The highest BCUT2D eigenvalue weighted by molar-refractivity contribution is 5.67. The minimum atomic E-state index is -0.206. The van der Waals surface area contributed by atoms with Crippen molar-refractivity contribution in [3.63, 3.8) is 0 Å². The fraction of sp³-hybridized carbons (Fsp3) is 0.583. The number of hydrogen-bond acceptors (Lipinski definition) is 4. The number of oxazole rings is 1. The van der Waals surface area contributed by atoms with E-state index in [1.54, 1.807) is 4.57 Å². The fourth-order valence-electron chi connectivity index (χ4n) is 2.09. The molecule has 0 spiro atoms. The first-order valence-electron chi connectivity index (χ1n) is 5.87. The van der Waals surface area contributed by atoms with Gasteiger partial charge < -0.3 is 4.42 Å². The monoisotopic (exact) mass is 233 g/mol. The van der Waals surface area contributed by atoms with Crippen LogP contribution in [0.25, 0.3) is 11.2 Å². The first kappa shape index (κ1) is 10.5. The molecule has 5 nitrogen and oxygen atoms in total. The van der Waals surface area contributed by atoms with E-state index in [0.29, 0.717) is 17.1 Å².